The summed E-state index contributed by atoms with van der Waals surface area (Å²) in [6, 6.07) is 16.3. The monoisotopic (exact) mass is 544 g/mol. The maximum atomic E-state index is 14.2. The first-order chi connectivity index (χ1) is 19.6. The lowest BCUT2D eigenvalue weighted by molar-refractivity contribution is -0.150. The maximum Gasteiger partial charge on any atom is 0.242 e. The van der Waals surface area contributed by atoms with Gasteiger partial charge in [-0.2, -0.15) is 0 Å². The van der Waals surface area contributed by atoms with Crippen LogP contribution in [0.25, 0.3) is 11.0 Å². The second kappa shape index (κ2) is 11.6. The van der Waals surface area contributed by atoms with Crippen molar-refractivity contribution in [3.8, 4) is 5.75 Å². The van der Waals surface area contributed by atoms with Gasteiger partial charge in [-0.3, -0.25) is 9.59 Å². The minimum absolute atomic E-state index is 0.0695. The third-order valence-electron chi connectivity index (χ3n) is 9.22. The average molecular weight is 545 g/mol. The Morgan fingerprint density at radius 3 is 2.67 bits per heavy atom. The van der Waals surface area contributed by atoms with Crippen molar-refractivity contribution in [2.75, 3.05) is 33.4 Å². The Morgan fingerprint density at radius 2 is 1.82 bits per heavy atom. The van der Waals surface area contributed by atoms with Gasteiger partial charge >= 0.3 is 0 Å². The van der Waals surface area contributed by atoms with E-state index in [0.717, 1.165) is 67.7 Å². The Hall–Kier alpha value is -3.39. The topological polar surface area (TPSA) is 76.9 Å². The molecule has 8 nitrogen and oxygen atoms in total. The van der Waals surface area contributed by atoms with Crippen molar-refractivity contribution < 1.29 is 19.1 Å². The lowest BCUT2D eigenvalue weighted by Crippen LogP contribution is -2.53. The molecule has 8 heteroatoms. The van der Waals surface area contributed by atoms with Crippen LogP contribution in [-0.2, 0) is 33.9 Å². The van der Waals surface area contributed by atoms with Gasteiger partial charge < -0.3 is 23.8 Å². The zero-order valence-electron chi connectivity index (χ0n) is 23.5. The number of ether oxygens (including phenoxy) is 2. The Kier molecular flexibility index (Phi) is 7.78. The number of hydrogen-bond acceptors (Lipinski definition) is 5. The number of fused-ring (bicyclic) bond motifs is 3. The third-order valence-corrected chi connectivity index (χ3v) is 9.22. The van der Waals surface area contributed by atoms with E-state index in [1.807, 2.05) is 39.8 Å². The number of imidazole rings is 1. The van der Waals surface area contributed by atoms with Gasteiger partial charge in [-0.15, -0.1) is 0 Å². The van der Waals surface area contributed by atoms with E-state index in [0.29, 0.717) is 39.1 Å². The normalized spacial score (nSPS) is 21.4. The summed E-state index contributed by atoms with van der Waals surface area (Å²) in [5, 5.41) is 0. The van der Waals surface area contributed by atoms with Gasteiger partial charge in [0.15, 0.2) is 0 Å². The molecule has 0 N–H and O–H groups in total. The Balaban J connectivity index is 1.17. The number of nitrogens with zero attached hydrogens (tertiary/aromatic N) is 4. The van der Waals surface area contributed by atoms with Gasteiger partial charge in [0.2, 0.25) is 11.8 Å². The van der Waals surface area contributed by atoms with Gasteiger partial charge in [0, 0.05) is 26.7 Å². The van der Waals surface area contributed by atoms with Crippen molar-refractivity contribution in [2.45, 2.75) is 70.6 Å². The first-order valence-electron chi connectivity index (χ1n) is 14.8. The molecular weight excluding hydrogens is 504 g/mol. The van der Waals surface area contributed by atoms with Gasteiger partial charge in [0.1, 0.15) is 31.3 Å². The molecule has 0 radical (unpaired) electrons. The summed E-state index contributed by atoms with van der Waals surface area (Å²) in [5.41, 5.74) is 2.66. The van der Waals surface area contributed by atoms with Crippen LogP contribution in [0.2, 0.25) is 0 Å². The van der Waals surface area contributed by atoms with E-state index >= 15 is 0 Å². The Morgan fingerprint density at radius 1 is 1.02 bits per heavy atom. The van der Waals surface area contributed by atoms with Crippen molar-refractivity contribution in [1.29, 1.82) is 0 Å². The van der Waals surface area contributed by atoms with Crippen LogP contribution in [0, 0.1) is 5.41 Å². The highest BCUT2D eigenvalue weighted by Gasteiger charge is 2.46. The van der Waals surface area contributed by atoms with Crippen LogP contribution in [-0.4, -0.2) is 70.6 Å². The Bertz CT molecular complexity index is 1360. The van der Waals surface area contributed by atoms with Gasteiger partial charge in [-0.05, 0) is 68.7 Å². The van der Waals surface area contributed by atoms with E-state index in [1.165, 1.54) is 5.56 Å². The molecule has 0 aliphatic carbocycles. The molecule has 2 amide bonds. The number of methoxy groups -OCH3 is 1. The van der Waals surface area contributed by atoms with Gasteiger partial charge in [-0.1, -0.05) is 36.8 Å². The predicted molar refractivity (Wildman–Crippen MR) is 153 cm³/mol. The van der Waals surface area contributed by atoms with Crippen LogP contribution in [0.15, 0.2) is 48.5 Å². The highest BCUT2D eigenvalue weighted by atomic mass is 16.5. The fourth-order valence-corrected chi connectivity index (χ4v) is 6.93. The maximum absolute atomic E-state index is 14.2. The number of carbonyl (C=O) groups is 2. The second-order valence-corrected chi connectivity index (χ2v) is 11.6. The molecule has 4 heterocycles. The first-order valence-corrected chi connectivity index (χ1v) is 14.8. The second-order valence-electron chi connectivity index (χ2n) is 11.6. The van der Waals surface area contributed by atoms with Crippen molar-refractivity contribution in [3.05, 3.63) is 59.9 Å². The molecule has 3 aromatic rings. The molecular formula is C32H40N4O4. The smallest absolute Gasteiger partial charge is 0.242 e. The summed E-state index contributed by atoms with van der Waals surface area (Å²) >= 11 is 0. The van der Waals surface area contributed by atoms with Gasteiger partial charge in [0.25, 0.3) is 0 Å². The fraction of sp³-hybridized carbons (Fsp3) is 0.531. The lowest BCUT2D eigenvalue weighted by Gasteiger charge is -2.44. The summed E-state index contributed by atoms with van der Waals surface area (Å²) < 4.78 is 13.6. The molecule has 0 bridgehead atoms. The van der Waals surface area contributed by atoms with Crippen molar-refractivity contribution in [1.82, 2.24) is 19.4 Å². The summed E-state index contributed by atoms with van der Waals surface area (Å²) in [6.45, 7) is 3.14. The molecule has 2 fully saturated rings. The van der Waals surface area contributed by atoms with Crippen LogP contribution in [0.3, 0.4) is 0 Å². The summed E-state index contributed by atoms with van der Waals surface area (Å²) in [5.74, 6) is 2.06. The molecule has 2 saturated heterocycles. The molecule has 0 saturated carbocycles. The number of likely N-dealkylation sites (tertiary alicyclic amines) is 1. The number of benzene rings is 2. The number of rotatable bonds is 4. The number of carbonyl (C=O) groups excluding carboxylic acids is 2. The highest BCUT2D eigenvalue weighted by molar-refractivity contribution is 5.85. The average Bonchev–Trinajstić information content (AvgIpc) is 3.59. The highest BCUT2D eigenvalue weighted by Crippen LogP contribution is 2.41. The molecule has 40 heavy (non-hydrogen) atoms. The number of aromatic nitrogens is 2. The lowest BCUT2D eigenvalue weighted by atomic mass is 9.73. The van der Waals surface area contributed by atoms with Crippen LogP contribution in [0.5, 0.6) is 5.75 Å². The summed E-state index contributed by atoms with van der Waals surface area (Å²) in [7, 11) is 1.64. The third kappa shape index (κ3) is 5.21. The summed E-state index contributed by atoms with van der Waals surface area (Å²) in [4.78, 5) is 36.5. The predicted octanol–water partition coefficient (Wildman–Crippen LogP) is 4.59. The molecule has 1 atom stereocenters. The molecule has 2 aromatic carbocycles. The number of hydrogen-bond donors (Lipinski definition) is 0. The van der Waals surface area contributed by atoms with Gasteiger partial charge in [-0.25, -0.2) is 4.98 Å². The van der Waals surface area contributed by atoms with Crippen LogP contribution < -0.4 is 4.74 Å². The zero-order chi connectivity index (χ0) is 27.5. The molecule has 1 spiro atoms. The van der Waals surface area contributed by atoms with Crippen LogP contribution in [0.1, 0.15) is 56.3 Å². The van der Waals surface area contributed by atoms with Crippen molar-refractivity contribution >= 4 is 22.8 Å². The largest absolute Gasteiger partial charge is 0.491 e. The molecule has 6 rings (SSSR count). The quantitative estimate of drug-likeness (QED) is 0.480. The minimum atomic E-state index is -0.402. The molecule has 1 aromatic heterocycles. The number of aryl methyl sites for hydroxylation is 1. The van der Waals surface area contributed by atoms with Crippen molar-refractivity contribution in [2.24, 2.45) is 5.41 Å². The van der Waals surface area contributed by atoms with E-state index in [2.05, 4.69) is 28.1 Å². The number of piperidine rings is 1. The van der Waals surface area contributed by atoms with Gasteiger partial charge in [0.05, 0.1) is 22.5 Å². The summed E-state index contributed by atoms with van der Waals surface area (Å²) in [6.07, 6.45) is 7.29. The molecule has 3 aliphatic heterocycles. The first kappa shape index (κ1) is 26.8. The number of para-hydroxylation sites is 3. The van der Waals surface area contributed by atoms with E-state index in [-0.39, 0.29) is 24.4 Å². The SMILES string of the molecule is COCc1nc2ccccc2n1CC(=O)N1CCC2(CCCCc3ccccc3OC[C@@H]3CCCN3C2=O)CC1. The fourth-order valence-electron chi connectivity index (χ4n) is 6.93. The van der Waals surface area contributed by atoms with E-state index in [4.69, 9.17) is 9.47 Å². The van der Waals surface area contributed by atoms with Crippen molar-refractivity contribution in [3.63, 3.8) is 0 Å². The minimum Gasteiger partial charge on any atom is -0.491 e. The number of amides is 2. The molecule has 212 valence electrons. The van der Waals surface area contributed by atoms with E-state index in [1.54, 1.807) is 7.11 Å². The van der Waals surface area contributed by atoms with E-state index < -0.39 is 5.41 Å². The van der Waals surface area contributed by atoms with E-state index in [9.17, 15) is 9.59 Å². The standard InChI is InChI=1S/C32H40N4O4/c1-39-23-29-33-26-12-3-4-13-27(26)36(29)21-30(37)34-19-16-32(17-20-34)15-7-6-10-24-9-2-5-14-28(24)40-22-25-11-8-18-35(25)31(32)38/h2-5,9,12-14,25H,6-8,10-11,15-23H2,1H3/t25-/m0/s1. The van der Waals surface area contributed by atoms with Crippen LogP contribution >= 0.6 is 0 Å². The molecule has 3 aliphatic rings. The Labute approximate surface area is 236 Å². The zero-order valence-corrected chi connectivity index (χ0v) is 23.5. The van der Waals surface area contributed by atoms with Crippen LogP contribution in [0.4, 0.5) is 0 Å². The molecule has 0 unspecified atom stereocenters.